The Balaban J connectivity index is 1.56. The summed E-state index contributed by atoms with van der Waals surface area (Å²) in [6, 6.07) is 20.7. The van der Waals surface area contributed by atoms with Crippen molar-refractivity contribution >= 4 is 50.9 Å². The van der Waals surface area contributed by atoms with Crippen LogP contribution in [0.5, 0.6) is 5.75 Å². The number of thiazole rings is 1. The van der Waals surface area contributed by atoms with E-state index in [9.17, 15) is 9.59 Å². The summed E-state index contributed by atoms with van der Waals surface area (Å²) in [5.74, 6) is 0.604. The Morgan fingerprint density at radius 1 is 1.09 bits per heavy atom. The number of aromatic nitrogens is 1. The minimum absolute atomic E-state index is 0.205. The Kier molecular flexibility index (Phi) is 10.2. The van der Waals surface area contributed by atoms with Gasteiger partial charge >= 0.3 is 5.97 Å². The molecular weight excluding hydrogens is 660 g/mol. The molecule has 0 N–H and O–H groups in total. The first-order valence-electron chi connectivity index (χ1n) is 14.7. The van der Waals surface area contributed by atoms with Crippen LogP contribution < -0.4 is 19.6 Å². The predicted octanol–water partition coefficient (Wildman–Crippen LogP) is 7.70. The molecule has 0 spiro atoms. The third kappa shape index (κ3) is 6.93. The highest BCUT2D eigenvalue weighted by Crippen LogP contribution is 2.33. The maximum atomic E-state index is 14.1. The molecule has 0 saturated heterocycles. The lowest BCUT2D eigenvalue weighted by Crippen LogP contribution is -2.40. The molecule has 0 saturated carbocycles. The molecule has 0 unspecified atom stereocenters. The van der Waals surface area contributed by atoms with Gasteiger partial charge in [0.25, 0.3) is 5.56 Å². The van der Waals surface area contributed by atoms with Gasteiger partial charge in [0.05, 0.1) is 32.9 Å². The summed E-state index contributed by atoms with van der Waals surface area (Å²) < 4.78 is 14.4. The molecule has 0 bridgehead atoms. The van der Waals surface area contributed by atoms with E-state index in [1.807, 2.05) is 67.6 Å². The second-order valence-electron chi connectivity index (χ2n) is 10.8. The molecule has 1 aromatic heterocycles. The number of benzene rings is 3. The fraction of sp³-hybridized carbons (Fsp3) is 0.286. The van der Waals surface area contributed by atoms with Gasteiger partial charge in [0.2, 0.25) is 0 Å². The van der Waals surface area contributed by atoms with E-state index >= 15 is 0 Å². The van der Waals surface area contributed by atoms with Crippen LogP contribution in [0, 0.1) is 0 Å². The number of carbonyl (C=O) groups excluding carboxylic acids is 1. The number of ether oxygens (including phenoxy) is 2. The molecule has 5 rings (SSSR count). The molecule has 1 aliphatic rings. The van der Waals surface area contributed by atoms with Gasteiger partial charge in [-0.15, -0.1) is 0 Å². The lowest BCUT2D eigenvalue weighted by molar-refractivity contribution is -0.139. The lowest BCUT2D eigenvalue weighted by Gasteiger charge is -2.26. The number of nitrogens with zero attached hydrogens (tertiary/aromatic N) is 2. The van der Waals surface area contributed by atoms with Gasteiger partial charge < -0.3 is 9.47 Å². The van der Waals surface area contributed by atoms with Crippen LogP contribution in [-0.4, -0.2) is 17.1 Å². The van der Waals surface area contributed by atoms with Crippen molar-refractivity contribution in [3.63, 3.8) is 0 Å². The first-order valence-corrected chi connectivity index (χ1v) is 16.7. The van der Waals surface area contributed by atoms with E-state index in [4.69, 9.17) is 26.1 Å². The summed E-state index contributed by atoms with van der Waals surface area (Å²) in [7, 11) is 0. The van der Waals surface area contributed by atoms with Crippen LogP contribution in [0.1, 0.15) is 74.8 Å². The smallest absolute Gasteiger partial charge is 0.338 e. The Morgan fingerprint density at radius 2 is 1.82 bits per heavy atom. The average molecular weight is 694 g/mol. The zero-order valence-electron chi connectivity index (χ0n) is 25.1. The molecule has 228 valence electrons. The molecule has 4 aromatic rings. The first-order chi connectivity index (χ1) is 21.2. The van der Waals surface area contributed by atoms with Gasteiger partial charge in [0.15, 0.2) is 4.80 Å². The van der Waals surface area contributed by atoms with Crippen LogP contribution >= 0.6 is 38.9 Å². The molecule has 0 radical (unpaired) electrons. The summed E-state index contributed by atoms with van der Waals surface area (Å²) in [6.07, 6.45) is 3.25. The topological polar surface area (TPSA) is 69.9 Å². The Labute approximate surface area is 274 Å². The maximum Gasteiger partial charge on any atom is 0.338 e. The summed E-state index contributed by atoms with van der Waals surface area (Å²) in [5, 5.41) is 0.679. The van der Waals surface area contributed by atoms with E-state index in [1.165, 1.54) is 16.9 Å². The molecule has 9 heteroatoms. The molecule has 1 atom stereocenters. The number of hydrogen-bond donors (Lipinski definition) is 0. The van der Waals surface area contributed by atoms with Crippen molar-refractivity contribution in [2.75, 3.05) is 6.61 Å². The van der Waals surface area contributed by atoms with Crippen molar-refractivity contribution in [1.82, 2.24) is 4.57 Å². The summed E-state index contributed by atoms with van der Waals surface area (Å²) in [6.45, 7) is 8.74. The second-order valence-corrected chi connectivity index (χ2v) is 13.1. The van der Waals surface area contributed by atoms with Gasteiger partial charge in [-0.1, -0.05) is 92.6 Å². The molecule has 44 heavy (non-hydrogen) atoms. The lowest BCUT2D eigenvalue weighted by atomic mass is 9.92. The zero-order chi connectivity index (χ0) is 31.4. The molecular formula is C35H34BrClN2O4S. The van der Waals surface area contributed by atoms with Crippen molar-refractivity contribution < 1.29 is 14.3 Å². The minimum Gasteiger partial charge on any atom is -0.488 e. The van der Waals surface area contributed by atoms with Crippen LogP contribution in [-0.2, 0) is 16.1 Å². The van der Waals surface area contributed by atoms with E-state index in [2.05, 4.69) is 41.9 Å². The van der Waals surface area contributed by atoms with E-state index in [1.54, 1.807) is 11.5 Å². The standard InChI is InChI=1S/C35H34BrClN2O4S/c1-5-7-28-31(34(41)42-6-2)32(25-13-11-24(12-14-25)21(3)4)39-33(40)30(44-35(39)38-28)19-23-10-17-29(27(36)18-23)43-20-22-8-15-26(37)16-9-22/h8-19,21,32H,5-7,20H2,1-4H3/b30-19-/t32-/m1/s1. The molecule has 1 aliphatic heterocycles. The number of halogens is 2. The Hall–Kier alpha value is -3.46. The predicted molar refractivity (Wildman–Crippen MR) is 180 cm³/mol. The number of fused-ring (bicyclic) bond motifs is 1. The number of rotatable bonds is 10. The van der Waals surface area contributed by atoms with Crippen LogP contribution in [0.15, 0.2) is 92.3 Å². The van der Waals surface area contributed by atoms with Crippen molar-refractivity contribution in [2.24, 2.45) is 4.99 Å². The number of hydrogen-bond acceptors (Lipinski definition) is 6. The van der Waals surface area contributed by atoms with E-state index in [0.29, 0.717) is 50.3 Å². The monoisotopic (exact) mass is 692 g/mol. The minimum atomic E-state index is -0.634. The van der Waals surface area contributed by atoms with Crippen molar-refractivity contribution in [1.29, 1.82) is 0 Å². The van der Waals surface area contributed by atoms with Gasteiger partial charge in [-0.25, -0.2) is 9.79 Å². The maximum absolute atomic E-state index is 14.1. The summed E-state index contributed by atoms with van der Waals surface area (Å²) in [4.78, 5) is 32.9. The van der Waals surface area contributed by atoms with E-state index in [-0.39, 0.29) is 12.2 Å². The largest absolute Gasteiger partial charge is 0.488 e. The zero-order valence-corrected chi connectivity index (χ0v) is 28.3. The highest BCUT2D eigenvalue weighted by Gasteiger charge is 2.34. The van der Waals surface area contributed by atoms with Crippen LogP contribution in [0.3, 0.4) is 0 Å². The summed E-state index contributed by atoms with van der Waals surface area (Å²) >= 11 is 10.9. The third-order valence-electron chi connectivity index (χ3n) is 7.37. The molecule has 0 amide bonds. The fourth-order valence-corrected chi connectivity index (χ4v) is 6.77. The van der Waals surface area contributed by atoms with Crippen LogP contribution in [0.2, 0.25) is 5.02 Å². The Bertz CT molecular complexity index is 1880. The SMILES string of the molecule is CCCC1=C(C(=O)OCC)[C@@H](c2ccc(C(C)C)cc2)n2c(s/c(=C\c3ccc(OCc4ccc(Cl)cc4)c(Br)c3)c2=O)=N1. The van der Waals surface area contributed by atoms with Gasteiger partial charge in [-0.3, -0.25) is 9.36 Å². The van der Waals surface area contributed by atoms with Gasteiger partial charge in [0, 0.05) is 5.02 Å². The quantitative estimate of drug-likeness (QED) is 0.160. The van der Waals surface area contributed by atoms with E-state index < -0.39 is 12.0 Å². The average Bonchev–Trinajstić information content (AvgIpc) is 3.31. The summed E-state index contributed by atoms with van der Waals surface area (Å²) in [5.41, 5.74) is 4.75. The van der Waals surface area contributed by atoms with Gasteiger partial charge in [-0.05, 0) is 87.8 Å². The van der Waals surface area contributed by atoms with Crippen LogP contribution in [0.4, 0.5) is 0 Å². The van der Waals surface area contributed by atoms with Gasteiger partial charge in [-0.2, -0.15) is 0 Å². The Morgan fingerprint density at radius 3 is 2.45 bits per heavy atom. The first kappa shape index (κ1) is 31.9. The number of carbonyl (C=O) groups is 1. The van der Waals surface area contributed by atoms with Crippen molar-refractivity contribution in [3.05, 3.63) is 129 Å². The highest BCUT2D eigenvalue weighted by atomic mass is 79.9. The second kappa shape index (κ2) is 14.1. The molecule has 2 heterocycles. The molecule has 6 nitrogen and oxygen atoms in total. The molecule has 0 fully saturated rings. The highest BCUT2D eigenvalue weighted by molar-refractivity contribution is 9.10. The third-order valence-corrected chi connectivity index (χ3v) is 9.23. The van der Waals surface area contributed by atoms with E-state index in [0.717, 1.165) is 27.6 Å². The van der Waals surface area contributed by atoms with Crippen molar-refractivity contribution in [2.45, 2.75) is 59.1 Å². The van der Waals surface area contributed by atoms with Gasteiger partial charge in [0.1, 0.15) is 12.4 Å². The van der Waals surface area contributed by atoms with Crippen molar-refractivity contribution in [3.8, 4) is 5.75 Å². The molecule has 0 aliphatic carbocycles. The number of allylic oxidation sites excluding steroid dienone is 1. The van der Waals surface area contributed by atoms with Crippen LogP contribution in [0.25, 0.3) is 6.08 Å². The fourth-order valence-electron chi connectivity index (χ4n) is 5.12. The normalized spacial score (nSPS) is 14.9. The molecule has 3 aromatic carbocycles. The number of esters is 1.